The van der Waals surface area contributed by atoms with Gasteiger partial charge in [-0.2, -0.15) is 0 Å². The highest BCUT2D eigenvalue weighted by molar-refractivity contribution is 7.67. The van der Waals surface area contributed by atoms with Gasteiger partial charge >= 0.3 is 0 Å². The zero-order chi connectivity index (χ0) is 17.3. The van der Waals surface area contributed by atoms with Crippen LogP contribution in [0.3, 0.4) is 0 Å². The summed E-state index contributed by atoms with van der Waals surface area (Å²) in [4.78, 5) is 0. The first-order valence-corrected chi connectivity index (χ1v) is 10.0. The van der Waals surface area contributed by atoms with Crippen LogP contribution >= 0.6 is 7.92 Å². The zero-order valence-corrected chi connectivity index (χ0v) is 14.7. The Morgan fingerprint density at radius 1 is 0.640 bits per heavy atom. The maximum Gasteiger partial charge on any atom is 0.266 e. The molecule has 0 bridgehead atoms. The summed E-state index contributed by atoms with van der Waals surface area (Å²) >= 11 is 0. The van der Waals surface area contributed by atoms with Crippen molar-refractivity contribution >= 4 is 13.2 Å². The van der Waals surface area contributed by atoms with Crippen LogP contribution in [0.2, 0.25) is 0 Å². The molecule has 1 aliphatic rings. The molecule has 1 saturated heterocycles. The third-order valence-electron chi connectivity index (χ3n) is 5.03. The van der Waals surface area contributed by atoms with Crippen molar-refractivity contribution in [1.82, 2.24) is 0 Å². The summed E-state index contributed by atoms with van der Waals surface area (Å²) in [5, 5.41) is -0.228. The SMILES string of the molecule is FC1(F)CCP(c2ccccc2)C1(c1ccccc1)c1ccccc1. The Kier molecular flexibility index (Phi) is 4.17. The highest BCUT2D eigenvalue weighted by Gasteiger charge is 2.64. The fourth-order valence-electron chi connectivity index (χ4n) is 3.99. The van der Waals surface area contributed by atoms with Crippen molar-refractivity contribution in [2.75, 3.05) is 6.16 Å². The molecular formula is C22H19F2P. The van der Waals surface area contributed by atoms with E-state index < -0.39 is 19.0 Å². The molecule has 1 atom stereocenters. The van der Waals surface area contributed by atoms with Gasteiger partial charge in [0, 0.05) is 6.42 Å². The van der Waals surface area contributed by atoms with Crippen molar-refractivity contribution in [1.29, 1.82) is 0 Å². The van der Waals surface area contributed by atoms with Gasteiger partial charge in [-0.05, 0) is 22.6 Å². The van der Waals surface area contributed by atoms with Gasteiger partial charge in [-0.3, -0.25) is 0 Å². The number of alkyl halides is 2. The maximum atomic E-state index is 15.6. The summed E-state index contributed by atoms with van der Waals surface area (Å²) in [6, 6.07) is 28.6. The Morgan fingerprint density at radius 3 is 1.56 bits per heavy atom. The van der Waals surface area contributed by atoms with E-state index in [2.05, 4.69) is 0 Å². The first kappa shape index (κ1) is 16.4. The van der Waals surface area contributed by atoms with Crippen LogP contribution < -0.4 is 5.30 Å². The van der Waals surface area contributed by atoms with E-state index in [9.17, 15) is 0 Å². The smallest absolute Gasteiger partial charge is 0.205 e. The molecule has 0 amide bonds. The average molecular weight is 352 g/mol. The lowest BCUT2D eigenvalue weighted by atomic mass is 9.84. The van der Waals surface area contributed by atoms with Crippen molar-refractivity contribution in [3.63, 3.8) is 0 Å². The fraction of sp³-hybridized carbons (Fsp3) is 0.182. The Labute approximate surface area is 148 Å². The quantitative estimate of drug-likeness (QED) is 0.525. The van der Waals surface area contributed by atoms with E-state index in [1.165, 1.54) is 0 Å². The largest absolute Gasteiger partial charge is 0.266 e. The van der Waals surface area contributed by atoms with Gasteiger partial charge in [-0.1, -0.05) is 98.9 Å². The first-order valence-electron chi connectivity index (χ1n) is 8.48. The van der Waals surface area contributed by atoms with Crippen molar-refractivity contribution in [3.05, 3.63) is 102 Å². The second kappa shape index (κ2) is 6.35. The van der Waals surface area contributed by atoms with E-state index in [4.69, 9.17) is 0 Å². The number of halogens is 2. The van der Waals surface area contributed by atoms with Crippen LogP contribution in [0.5, 0.6) is 0 Å². The Hall–Kier alpha value is -2.05. The molecule has 3 aromatic carbocycles. The highest BCUT2D eigenvalue weighted by atomic mass is 31.1. The van der Waals surface area contributed by atoms with Gasteiger partial charge in [0.2, 0.25) is 0 Å². The van der Waals surface area contributed by atoms with Crippen molar-refractivity contribution in [3.8, 4) is 0 Å². The van der Waals surface area contributed by atoms with Crippen LogP contribution in [0.4, 0.5) is 8.78 Å². The number of benzene rings is 3. The monoisotopic (exact) mass is 352 g/mol. The van der Waals surface area contributed by atoms with E-state index >= 15 is 8.78 Å². The molecule has 1 fully saturated rings. The van der Waals surface area contributed by atoms with Crippen LogP contribution in [0.1, 0.15) is 17.5 Å². The third kappa shape index (κ3) is 2.51. The maximum absolute atomic E-state index is 15.6. The molecule has 0 radical (unpaired) electrons. The van der Waals surface area contributed by atoms with E-state index in [1.807, 2.05) is 91.0 Å². The first-order chi connectivity index (χ1) is 12.2. The van der Waals surface area contributed by atoms with Crippen molar-refractivity contribution < 1.29 is 8.78 Å². The number of hydrogen-bond donors (Lipinski definition) is 0. The molecule has 0 saturated carbocycles. The van der Waals surface area contributed by atoms with Gasteiger partial charge < -0.3 is 0 Å². The van der Waals surface area contributed by atoms with Gasteiger partial charge in [0.05, 0.1) is 0 Å². The zero-order valence-electron chi connectivity index (χ0n) is 13.8. The Balaban J connectivity index is 2.03. The van der Waals surface area contributed by atoms with E-state index in [0.717, 1.165) is 16.4 Å². The molecule has 0 aliphatic carbocycles. The minimum Gasteiger partial charge on any atom is -0.205 e. The minimum atomic E-state index is -2.78. The molecule has 3 heteroatoms. The summed E-state index contributed by atoms with van der Waals surface area (Å²) < 4.78 is 31.2. The molecule has 25 heavy (non-hydrogen) atoms. The van der Waals surface area contributed by atoms with Gasteiger partial charge in [0.25, 0.3) is 5.92 Å². The van der Waals surface area contributed by atoms with Gasteiger partial charge in [0.15, 0.2) is 0 Å². The molecule has 1 aliphatic heterocycles. The van der Waals surface area contributed by atoms with E-state index in [1.54, 1.807) is 0 Å². The fourth-order valence-corrected chi connectivity index (χ4v) is 7.43. The molecule has 0 N–H and O–H groups in total. The highest BCUT2D eigenvalue weighted by Crippen LogP contribution is 2.71. The Morgan fingerprint density at radius 2 is 1.08 bits per heavy atom. The van der Waals surface area contributed by atoms with Gasteiger partial charge in [0.1, 0.15) is 5.16 Å². The summed E-state index contributed by atoms with van der Waals surface area (Å²) in [6.45, 7) is 0. The van der Waals surface area contributed by atoms with Crippen LogP contribution in [0.15, 0.2) is 91.0 Å². The lowest BCUT2D eigenvalue weighted by molar-refractivity contribution is -0.0241. The molecule has 126 valence electrons. The molecule has 0 nitrogen and oxygen atoms in total. The average Bonchev–Trinajstić information content (AvgIpc) is 2.95. The van der Waals surface area contributed by atoms with Gasteiger partial charge in [-0.25, -0.2) is 8.78 Å². The molecule has 1 unspecified atom stereocenters. The molecule has 4 rings (SSSR count). The topological polar surface area (TPSA) is 0 Å². The van der Waals surface area contributed by atoms with Crippen molar-refractivity contribution in [2.24, 2.45) is 0 Å². The predicted molar refractivity (Wildman–Crippen MR) is 101 cm³/mol. The Bertz CT molecular complexity index is 792. The summed E-state index contributed by atoms with van der Waals surface area (Å²) in [7, 11) is -1.08. The van der Waals surface area contributed by atoms with Crippen LogP contribution in [0.25, 0.3) is 0 Å². The van der Waals surface area contributed by atoms with Gasteiger partial charge in [-0.15, -0.1) is 0 Å². The second-order valence-corrected chi connectivity index (χ2v) is 8.87. The van der Waals surface area contributed by atoms with Crippen LogP contribution in [0, 0.1) is 0 Å². The number of hydrogen-bond acceptors (Lipinski definition) is 0. The minimum absolute atomic E-state index is 0.0720. The molecule has 0 spiro atoms. The van der Waals surface area contributed by atoms with Crippen molar-refractivity contribution in [2.45, 2.75) is 17.5 Å². The summed E-state index contributed by atoms with van der Waals surface area (Å²) in [6.07, 6.45) is 0.466. The predicted octanol–water partition coefficient (Wildman–Crippen LogP) is 5.78. The molecule has 1 heterocycles. The third-order valence-corrected chi connectivity index (χ3v) is 8.28. The lowest BCUT2D eigenvalue weighted by Crippen LogP contribution is -2.41. The second-order valence-electron chi connectivity index (χ2n) is 6.38. The molecule has 3 aromatic rings. The lowest BCUT2D eigenvalue weighted by Gasteiger charge is -2.41. The standard InChI is InChI=1S/C22H19F2P/c23-21(24)16-17-25(20-14-8-3-9-15-20)22(21,18-10-4-1-5-11-18)19-12-6-2-7-13-19/h1-15H,16-17H2. The summed E-state index contributed by atoms with van der Waals surface area (Å²) in [5.41, 5.74) is 1.44. The normalized spacial score (nSPS) is 21.1. The van der Waals surface area contributed by atoms with Crippen LogP contribution in [-0.2, 0) is 5.16 Å². The molecular weight excluding hydrogens is 333 g/mol. The van der Waals surface area contributed by atoms with E-state index in [-0.39, 0.29) is 6.42 Å². The molecule has 0 aromatic heterocycles. The van der Waals surface area contributed by atoms with Crippen LogP contribution in [-0.4, -0.2) is 12.1 Å². The van der Waals surface area contributed by atoms with E-state index in [0.29, 0.717) is 6.16 Å². The number of rotatable bonds is 3. The summed E-state index contributed by atoms with van der Waals surface area (Å²) in [5.74, 6) is -2.78.